The van der Waals surface area contributed by atoms with Gasteiger partial charge in [0.05, 0.1) is 17.9 Å². The van der Waals surface area contributed by atoms with E-state index in [2.05, 4.69) is 10.4 Å². The van der Waals surface area contributed by atoms with Crippen LogP contribution < -0.4 is 5.32 Å². The number of nitrogens with one attached hydrogen (secondary N) is 1. The summed E-state index contributed by atoms with van der Waals surface area (Å²) in [6.45, 7) is 9.76. The van der Waals surface area contributed by atoms with Gasteiger partial charge in [-0.3, -0.25) is 9.48 Å². The van der Waals surface area contributed by atoms with Gasteiger partial charge in [-0.2, -0.15) is 5.10 Å². The predicted octanol–water partition coefficient (Wildman–Crippen LogP) is 4.27. The minimum Gasteiger partial charge on any atom is -0.452 e. The Kier molecular flexibility index (Phi) is 6.35. The summed E-state index contributed by atoms with van der Waals surface area (Å²) < 4.78 is 7.05. The van der Waals surface area contributed by atoms with Crippen LogP contribution in [0.25, 0.3) is 0 Å². The van der Waals surface area contributed by atoms with Crippen molar-refractivity contribution in [2.24, 2.45) is 0 Å². The van der Waals surface area contributed by atoms with Crippen LogP contribution in [0.1, 0.15) is 44.0 Å². The summed E-state index contributed by atoms with van der Waals surface area (Å²) in [5.41, 5.74) is 6.77. The Balaban J connectivity index is 1.64. The standard InChI is InChI=1S/C24H27N3O3/c1-15-6-9-20(10-7-15)13-27-19(5)23(18(4)26-27)24(29)30-14-22(28)25-21-11-8-16(2)12-17(21)3/h6-12H,13-14H2,1-5H3,(H,25,28). The Morgan fingerprint density at radius 3 is 2.30 bits per heavy atom. The first-order chi connectivity index (χ1) is 14.2. The zero-order valence-electron chi connectivity index (χ0n) is 18.1. The molecular weight excluding hydrogens is 378 g/mol. The molecule has 0 unspecified atom stereocenters. The Morgan fingerprint density at radius 1 is 0.967 bits per heavy atom. The van der Waals surface area contributed by atoms with Crippen LogP contribution in [0.4, 0.5) is 5.69 Å². The van der Waals surface area contributed by atoms with Crippen LogP contribution in [-0.2, 0) is 16.1 Å². The molecule has 6 nitrogen and oxygen atoms in total. The molecule has 0 aliphatic rings. The predicted molar refractivity (Wildman–Crippen MR) is 117 cm³/mol. The second-order valence-corrected chi connectivity index (χ2v) is 7.63. The van der Waals surface area contributed by atoms with Crippen LogP contribution in [0, 0.1) is 34.6 Å². The molecule has 1 heterocycles. The topological polar surface area (TPSA) is 73.2 Å². The van der Waals surface area contributed by atoms with Gasteiger partial charge in [-0.25, -0.2) is 4.79 Å². The maximum Gasteiger partial charge on any atom is 0.342 e. The molecular formula is C24H27N3O3. The summed E-state index contributed by atoms with van der Waals surface area (Å²) in [5.74, 6) is -0.923. The number of ether oxygens (including phenoxy) is 1. The number of hydrogen-bond acceptors (Lipinski definition) is 4. The third kappa shape index (κ3) is 4.95. The first-order valence-electron chi connectivity index (χ1n) is 9.88. The minimum atomic E-state index is -0.545. The monoisotopic (exact) mass is 405 g/mol. The lowest BCUT2D eigenvalue weighted by Crippen LogP contribution is -2.22. The van der Waals surface area contributed by atoms with Gasteiger partial charge in [0.2, 0.25) is 0 Å². The maximum absolute atomic E-state index is 12.6. The fraction of sp³-hybridized carbons (Fsp3) is 0.292. The minimum absolute atomic E-state index is 0.353. The fourth-order valence-electron chi connectivity index (χ4n) is 3.36. The van der Waals surface area contributed by atoms with Crippen molar-refractivity contribution < 1.29 is 14.3 Å². The van der Waals surface area contributed by atoms with Crippen molar-refractivity contribution in [2.45, 2.75) is 41.2 Å². The molecule has 0 saturated carbocycles. The van der Waals surface area contributed by atoms with Gasteiger partial charge in [0.15, 0.2) is 6.61 Å². The molecule has 3 aromatic rings. The van der Waals surface area contributed by atoms with E-state index in [1.165, 1.54) is 5.56 Å². The molecule has 0 spiro atoms. The van der Waals surface area contributed by atoms with E-state index < -0.39 is 5.97 Å². The number of aryl methyl sites for hydroxylation is 4. The number of amides is 1. The van der Waals surface area contributed by atoms with E-state index in [1.54, 1.807) is 11.6 Å². The van der Waals surface area contributed by atoms with Gasteiger partial charge < -0.3 is 10.1 Å². The molecule has 6 heteroatoms. The second kappa shape index (κ2) is 8.95. The molecule has 1 amide bonds. The second-order valence-electron chi connectivity index (χ2n) is 7.63. The lowest BCUT2D eigenvalue weighted by atomic mass is 10.1. The Morgan fingerprint density at radius 2 is 1.63 bits per heavy atom. The van der Waals surface area contributed by atoms with Crippen LogP contribution in [0.5, 0.6) is 0 Å². The molecule has 2 aromatic carbocycles. The summed E-state index contributed by atoms with van der Waals surface area (Å²) in [4.78, 5) is 24.8. The third-order valence-electron chi connectivity index (χ3n) is 5.03. The van der Waals surface area contributed by atoms with E-state index >= 15 is 0 Å². The summed E-state index contributed by atoms with van der Waals surface area (Å²) in [6, 6.07) is 13.9. The molecule has 0 atom stereocenters. The summed E-state index contributed by atoms with van der Waals surface area (Å²) in [6.07, 6.45) is 0. The number of benzene rings is 2. The Hall–Kier alpha value is -3.41. The van der Waals surface area contributed by atoms with E-state index in [0.717, 1.165) is 16.7 Å². The summed E-state index contributed by atoms with van der Waals surface area (Å²) >= 11 is 0. The lowest BCUT2D eigenvalue weighted by Gasteiger charge is -2.10. The smallest absolute Gasteiger partial charge is 0.342 e. The molecule has 1 aromatic heterocycles. The van der Waals surface area contributed by atoms with Crippen molar-refractivity contribution in [1.82, 2.24) is 9.78 Å². The summed E-state index contributed by atoms with van der Waals surface area (Å²) in [5, 5.41) is 7.26. The van der Waals surface area contributed by atoms with Gasteiger partial charge in [-0.1, -0.05) is 47.5 Å². The van der Waals surface area contributed by atoms with Crippen LogP contribution >= 0.6 is 0 Å². The maximum atomic E-state index is 12.6. The van der Waals surface area contributed by atoms with E-state index in [-0.39, 0.29) is 12.5 Å². The van der Waals surface area contributed by atoms with Gasteiger partial charge in [-0.05, 0) is 51.8 Å². The number of aromatic nitrogens is 2. The molecule has 0 radical (unpaired) electrons. The largest absolute Gasteiger partial charge is 0.452 e. The zero-order chi connectivity index (χ0) is 21.8. The van der Waals surface area contributed by atoms with E-state index in [4.69, 9.17) is 4.74 Å². The van der Waals surface area contributed by atoms with Crippen molar-refractivity contribution in [3.05, 3.63) is 81.7 Å². The average Bonchev–Trinajstić information content (AvgIpc) is 2.97. The molecule has 0 saturated heterocycles. The molecule has 156 valence electrons. The van der Waals surface area contributed by atoms with Gasteiger partial charge in [-0.15, -0.1) is 0 Å². The van der Waals surface area contributed by atoms with Crippen LogP contribution in [0.3, 0.4) is 0 Å². The number of anilines is 1. The van der Waals surface area contributed by atoms with E-state index in [9.17, 15) is 9.59 Å². The van der Waals surface area contributed by atoms with Gasteiger partial charge in [0.25, 0.3) is 5.91 Å². The van der Waals surface area contributed by atoms with Crippen LogP contribution in [-0.4, -0.2) is 28.3 Å². The number of hydrogen-bond donors (Lipinski definition) is 1. The average molecular weight is 405 g/mol. The quantitative estimate of drug-likeness (QED) is 0.622. The number of nitrogens with zero attached hydrogens (tertiary/aromatic N) is 2. The van der Waals surface area contributed by atoms with Crippen LogP contribution in [0.2, 0.25) is 0 Å². The third-order valence-corrected chi connectivity index (χ3v) is 5.03. The number of esters is 1. The fourth-order valence-corrected chi connectivity index (χ4v) is 3.36. The molecule has 30 heavy (non-hydrogen) atoms. The highest BCUT2D eigenvalue weighted by molar-refractivity contribution is 5.96. The lowest BCUT2D eigenvalue weighted by molar-refractivity contribution is -0.119. The van der Waals surface area contributed by atoms with Gasteiger partial charge in [0.1, 0.15) is 5.56 Å². The molecule has 0 fully saturated rings. The van der Waals surface area contributed by atoms with Crippen molar-refractivity contribution in [3.8, 4) is 0 Å². The van der Waals surface area contributed by atoms with E-state index in [0.29, 0.717) is 29.2 Å². The Bertz CT molecular complexity index is 1080. The zero-order valence-corrected chi connectivity index (χ0v) is 18.1. The normalized spacial score (nSPS) is 10.7. The molecule has 0 bridgehead atoms. The molecule has 0 aliphatic heterocycles. The number of rotatable bonds is 6. The molecule has 0 aliphatic carbocycles. The van der Waals surface area contributed by atoms with Gasteiger partial charge >= 0.3 is 5.97 Å². The molecule has 1 N–H and O–H groups in total. The number of carbonyl (C=O) groups is 2. The highest BCUT2D eigenvalue weighted by Crippen LogP contribution is 2.18. The van der Waals surface area contributed by atoms with Crippen molar-refractivity contribution in [1.29, 1.82) is 0 Å². The van der Waals surface area contributed by atoms with E-state index in [1.807, 2.05) is 70.2 Å². The Labute approximate surface area is 176 Å². The first kappa shape index (κ1) is 21.3. The SMILES string of the molecule is Cc1ccc(Cn2nc(C)c(C(=O)OCC(=O)Nc3ccc(C)cc3C)c2C)cc1. The highest BCUT2D eigenvalue weighted by Gasteiger charge is 2.21. The first-order valence-corrected chi connectivity index (χ1v) is 9.88. The van der Waals surface area contributed by atoms with Crippen molar-refractivity contribution in [3.63, 3.8) is 0 Å². The van der Waals surface area contributed by atoms with Gasteiger partial charge in [0, 0.05) is 5.69 Å². The molecule has 3 rings (SSSR count). The summed E-state index contributed by atoms with van der Waals surface area (Å²) in [7, 11) is 0. The highest BCUT2D eigenvalue weighted by atomic mass is 16.5. The number of carbonyl (C=O) groups excluding carboxylic acids is 2. The van der Waals surface area contributed by atoms with Crippen molar-refractivity contribution >= 4 is 17.6 Å². The van der Waals surface area contributed by atoms with Crippen LogP contribution in [0.15, 0.2) is 42.5 Å². The van der Waals surface area contributed by atoms with Crippen molar-refractivity contribution in [2.75, 3.05) is 11.9 Å².